The number of benzene rings is 2. The minimum atomic E-state index is -0.268. The topological polar surface area (TPSA) is 87.3 Å². The summed E-state index contributed by atoms with van der Waals surface area (Å²) >= 11 is 0. The zero-order chi connectivity index (χ0) is 21.6. The Hall–Kier alpha value is -3.15. The summed E-state index contributed by atoms with van der Waals surface area (Å²) in [6.07, 6.45) is 0.708. The molecule has 0 saturated carbocycles. The highest BCUT2D eigenvalue weighted by Crippen LogP contribution is 2.22. The number of anilines is 2. The number of hydrogen-bond acceptors (Lipinski definition) is 3. The Balaban J connectivity index is 2.03. The first-order valence-corrected chi connectivity index (χ1v) is 9.62. The fourth-order valence-corrected chi connectivity index (χ4v) is 2.90. The Bertz CT molecular complexity index is 862. The van der Waals surface area contributed by atoms with E-state index >= 15 is 0 Å². The van der Waals surface area contributed by atoms with E-state index in [2.05, 4.69) is 61.0 Å². The first-order chi connectivity index (χ1) is 13.5. The average molecular weight is 396 g/mol. The van der Waals surface area contributed by atoms with Crippen LogP contribution in [0.5, 0.6) is 0 Å². The van der Waals surface area contributed by atoms with Crippen LogP contribution in [0.2, 0.25) is 0 Å². The van der Waals surface area contributed by atoms with Gasteiger partial charge in [-0.3, -0.25) is 14.4 Å². The van der Waals surface area contributed by atoms with Gasteiger partial charge >= 0.3 is 0 Å². The summed E-state index contributed by atoms with van der Waals surface area (Å²) < 4.78 is 0. The van der Waals surface area contributed by atoms with E-state index in [4.69, 9.17) is 0 Å². The second-order valence-corrected chi connectivity index (χ2v) is 8.11. The Labute approximate surface area is 172 Å². The van der Waals surface area contributed by atoms with Gasteiger partial charge in [-0.1, -0.05) is 45.0 Å². The number of carbonyl (C=O) groups excluding carboxylic acids is 3. The lowest BCUT2D eigenvalue weighted by molar-refractivity contribution is -0.115. The van der Waals surface area contributed by atoms with Gasteiger partial charge in [0.15, 0.2) is 0 Å². The van der Waals surface area contributed by atoms with Gasteiger partial charge in [0.05, 0.1) is 0 Å². The van der Waals surface area contributed by atoms with Crippen LogP contribution in [0.4, 0.5) is 11.4 Å². The van der Waals surface area contributed by atoms with Crippen molar-refractivity contribution in [1.29, 1.82) is 0 Å². The zero-order valence-corrected chi connectivity index (χ0v) is 17.7. The molecule has 0 fully saturated rings. The van der Waals surface area contributed by atoms with Crippen molar-refractivity contribution < 1.29 is 14.4 Å². The molecule has 2 aromatic rings. The van der Waals surface area contributed by atoms with Gasteiger partial charge in [-0.05, 0) is 41.2 Å². The molecule has 0 aliphatic heterocycles. The minimum Gasteiger partial charge on any atom is -0.352 e. The van der Waals surface area contributed by atoms with Gasteiger partial charge in [-0.25, -0.2) is 0 Å². The van der Waals surface area contributed by atoms with E-state index in [0.717, 1.165) is 5.56 Å². The summed E-state index contributed by atoms with van der Waals surface area (Å²) in [6, 6.07) is 13.2. The summed E-state index contributed by atoms with van der Waals surface area (Å²) in [5, 5.41) is 8.17. The van der Waals surface area contributed by atoms with E-state index in [9.17, 15) is 14.4 Å². The van der Waals surface area contributed by atoms with Gasteiger partial charge in [0.2, 0.25) is 11.8 Å². The zero-order valence-electron chi connectivity index (χ0n) is 17.7. The molecular formula is C23H29N3O3. The van der Waals surface area contributed by atoms with E-state index in [1.807, 2.05) is 0 Å². The average Bonchev–Trinajstić information content (AvgIpc) is 2.60. The fraction of sp³-hybridized carbons (Fsp3) is 0.348. The molecule has 0 heterocycles. The summed E-state index contributed by atoms with van der Waals surface area (Å²) in [6.45, 7) is 9.77. The van der Waals surface area contributed by atoms with Crippen molar-refractivity contribution in [2.24, 2.45) is 0 Å². The number of hydrogen-bond donors (Lipinski definition) is 3. The maximum absolute atomic E-state index is 12.6. The van der Waals surface area contributed by atoms with Gasteiger partial charge in [0.1, 0.15) is 0 Å². The molecule has 0 aliphatic rings. The number of rotatable bonds is 6. The van der Waals surface area contributed by atoms with Crippen LogP contribution in [0, 0.1) is 0 Å². The molecule has 0 radical (unpaired) electrons. The van der Waals surface area contributed by atoms with Crippen LogP contribution >= 0.6 is 0 Å². The molecule has 2 aromatic carbocycles. The Morgan fingerprint density at radius 3 is 1.79 bits per heavy atom. The third-order valence-corrected chi connectivity index (χ3v) is 4.36. The molecule has 2 rings (SSSR count). The summed E-state index contributed by atoms with van der Waals surface area (Å²) in [7, 11) is 0. The summed E-state index contributed by atoms with van der Waals surface area (Å²) in [4.78, 5) is 35.2. The first-order valence-electron chi connectivity index (χ1n) is 9.62. The van der Waals surface area contributed by atoms with Gasteiger partial charge in [-0.15, -0.1) is 0 Å². The second-order valence-electron chi connectivity index (χ2n) is 8.11. The predicted molar refractivity (Wildman–Crippen MR) is 116 cm³/mol. The third-order valence-electron chi connectivity index (χ3n) is 4.36. The lowest BCUT2D eigenvalue weighted by Crippen LogP contribution is -2.26. The van der Waals surface area contributed by atoms with Crippen LogP contribution in [-0.2, 0) is 21.4 Å². The van der Waals surface area contributed by atoms with Gasteiger partial charge in [0.25, 0.3) is 5.91 Å². The van der Waals surface area contributed by atoms with E-state index in [1.54, 1.807) is 18.2 Å². The third kappa shape index (κ3) is 7.07. The van der Waals surface area contributed by atoms with E-state index in [0.29, 0.717) is 29.9 Å². The van der Waals surface area contributed by atoms with Crippen molar-refractivity contribution in [1.82, 2.24) is 5.32 Å². The Morgan fingerprint density at radius 1 is 0.828 bits per heavy atom. The summed E-state index contributed by atoms with van der Waals surface area (Å²) in [5.74, 6) is -0.778. The summed E-state index contributed by atoms with van der Waals surface area (Å²) in [5.41, 5.74) is 3.79. The Kier molecular flexibility index (Phi) is 7.15. The van der Waals surface area contributed by atoms with Crippen LogP contribution < -0.4 is 16.0 Å². The number of nitrogens with one attached hydrogen (secondary N) is 3. The molecule has 0 aromatic heterocycles. The maximum atomic E-state index is 12.6. The molecule has 6 nitrogen and oxygen atoms in total. The largest absolute Gasteiger partial charge is 0.352 e. The molecule has 0 spiro atoms. The normalized spacial score (nSPS) is 10.9. The monoisotopic (exact) mass is 395 g/mol. The molecule has 3 N–H and O–H groups in total. The number of amides is 3. The quantitative estimate of drug-likeness (QED) is 0.694. The fourth-order valence-electron chi connectivity index (χ4n) is 2.90. The van der Waals surface area contributed by atoms with Gasteiger partial charge in [-0.2, -0.15) is 0 Å². The molecule has 0 bridgehead atoms. The van der Waals surface area contributed by atoms with Crippen molar-refractivity contribution in [2.45, 2.75) is 46.5 Å². The van der Waals surface area contributed by atoms with E-state index in [-0.39, 0.29) is 23.1 Å². The van der Waals surface area contributed by atoms with Crippen molar-refractivity contribution in [3.8, 4) is 0 Å². The predicted octanol–water partition coefficient (Wildman–Crippen LogP) is 3.87. The molecule has 0 saturated heterocycles. The highest BCUT2D eigenvalue weighted by molar-refractivity contribution is 5.99. The van der Waals surface area contributed by atoms with E-state index < -0.39 is 0 Å². The smallest absolute Gasteiger partial charge is 0.251 e. The van der Waals surface area contributed by atoms with Crippen molar-refractivity contribution >= 4 is 29.1 Å². The molecule has 154 valence electrons. The maximum Gasteiger partial charge on any atom is 0.251 e. The number of carbonyl (C=O) groups is 3. The molecule has 0 unspecified atom stereocenters. The molecule has 0 atom stereocenters. The van der Waals surface area contributed by atoms with Crippen molar-refractivity contribution in [2.75, 3.05) is 17.2 Å². The first kappa shape index (κ1) is 22.1. The van der Waals surface area contributed by atoms with Gasteiger partial charge in [0, 0.05) is 37.3 Å². The second kappa shape index (κ2) is 9.37. The molecule has 0 aliphatic carbocycles. The molecular weight excluding hydrogens is 366 g/mol. The van der Waals surface area contributed by atoms with E-state index in [1.165, 1.54) is 19.4 Å². The van der Waals surface area contributed by atoms with Crippen LogP contribution in [-0.4, -0.2) is 24.3 Å². The van der Waals surface area contributed by atoms with Crippen LogP contribution in [0.15, 0.2) is 42.5 Å². The Morgan fingerprint density at radius 2 is 1.34 bits per heavy atom. The molecule has 3 amide bonds. The SMILES string of the molecule is CC(=O)Nc1cc(NC(C)=O)cc(C(=O)NCCc2ccc(C(C)(C)C)cc2)c1. The van der Waals surface area contributed by atoms with Crippen LogP contribution in [0.3, 0.4) is 0 Å². The van der Waals surface area contributed by atoms with Gasteiger partial charge < -0.3 is 16.0 Å². The van der Waals surface area contributed by atoms with Crippen LogP contribution in [0.1, 0.15) is 56.1 Å². The van der Waals surface area contributed by atoms with Crippen molar-refractivity contribution in [3.63, 3.8) is 0 Å². The molecule has 6 heteroatoms. The highest BCUT2D eigenvalue weighted by atomic mass is 16.2. The molecule has 29 heavy (non-hydrogen) atoms. The standard InChI is InChI=1S/C23H29N3O3/c1-15(27)25-20-12-18(13-21(14-20)26-16(2)28)22(29)24-11-10-17-6-8-19(9-7-17)23(3,4)5/h6-9,12-14H,10-11H2,1-5H3,(H,24,29)(H,25,27)(H,26,28). The highest BCUT2D eigenvalue weighted by Gasteiger charge is 2.13. The lowest BCUT2D eigenvalue weighted by Gasteiger charge is -2.19. The lowest BCUT2D eigenvalue weighted by atomic mass is 9.86. The minimum absolute atomic E-state index is 0.108. The van der Waals surface area contributed by atoms with Crippen LogP contribution in [0.25, 0.3) is 0 Å². The van der Waals surface area contributed by atoms with Crippen molar-refractivity contribution in [3.05, 3.63) is 59.2 Å².